The van der Waals surface area contributed by atoms with Crippen LogP contribution in [0.25, 0.3) is 133 Å². The largest absolute Gasteiger partial charge is 0.309 e. The summed E-state index contributed by atoms with van der Waals surface area (Å²) in [5.41, 5.74) is 15.3. The van der Waals surface area contributed by atoms with E-state index in [0.29, 0.717) is 0 Å². The van der Waals surface area contributed by atoms with E-state index in [9.17, 15) is 0 Å². The van der Waals surface area contributed by atoms with Gasteiger partial charge in [0.25, 0.3) is 0 Å². The zero-order valence-corrected chi connectivity index (χ0v) is 37.8. The summed E-state index contributed by atoms with van der Waals surface area (Å²) in [5, 5.41) is 9.62. The molecule has 0 unspecified atom stereocenters. The summed E-state index contributed by atoms with van der Waals surface area (Å²) in [6, 6.07) is 87.0. The molecule has 0 aliphatic heterocycles. The molecular weight excluding hydrogens is 853 g/mol. The Morgan fingerprint density at radius 3 is 0.871 bits per heavy atom. The fourth-order valence-electron chi connectivity index (χ4n) is 11.4. The molecule has 0 aliphatic rings. The van der Waals surface area contributed by atoms with Gasteiger partial charge in [0.1, 0.15) is 11.6 Å². The second-order valence-corrected chi connectivity index (χ2v) is 18.2. The first kappa shape index (κ1) is 38.6. The van der Waals surface area contributed by atoms with Gasteiger partial charge in [-0.1, -0.05) is 146 Å². The summed E-state index contributed by atoms with van der Waals surface area (Å²) in [6.45, 7) is 0. The molecule has 0 spiro atoms. The number of aromatic nitrogens is 6. The van der Waals surface area contributed by atoms with Crippen LogP contribution in [-0.4, -0.2) is 28.2 Å². The topological polar surface area (TPSA) is 45.5 Å². The number of benzene rings is 9. The van der Waals surface area contributed by atoms with Gasteiger partial charge in [-0.2, -0.15) is 0 Å². The van der Waals surface area contributed by atoms with Gasteiger partial charge in [-0.05, 0) is 97.1 Å². The molecule has 326 valence electrons. The maximum Gasteiger partial charge on any atom is 0.138 e. The summed E-state index contributed by atoms with van der Waals surface area (Å²) in [7, 11) is 0. The minimum absolute atomic E-state index is 0.867. The summed E-state index contributed by atoms with van der Waals surface area (Å²) in [5.74, 6) is 1.73. The molecule has 0 aliphatic carbocycles. The van der Waals surface area contributed by atoms with E-state index in [1.54, 1.807) is 0 Å². The van der Waals surface area contributed by atoms with Crippen molar-refractivity contribution in [3.05, 3.63) is 243 Å². The summed E-state index contributed by atoms with van der Waals surface area (Å²) < 4.78 is 9.40. The normalized spacial score (nSPS) is 12.0. The second kappa shape index (κ2) is 15.0. The summed E-state index contributed by atoms with van der Waals surface area (Å²) in [4.78, 5) is 10.9. The third kappa shape index (κ3) is 5.68. The van der Waals surface area contributed by atoms with Crippen LogP contribution in [0.2, 0.25) is 0 Å². The number of para-hydroxylation sites is 6. The molecule has 0 saturated heterocycles. The van der Waals surface area contributed by atoms with Gasteiger partial charge >= 0.3 is 0 Å². The Morgan fingerprint density at radius 1 is 0.214 bits per heavy atom. The molecule has 9 aromatic carbocycles. The highest BCUT2D eigenvalue weighted by atomic mass is 15.1. The number of rotatable bonds is 6. The van der Waals surface area contributed by atoms with E-state index in [0.717, 1.165) is 78.4 Å². The quantitative estimate of drug-likeness (QED) is 0.167. The van der Waals surface area contributed by atoms with Crippen LogP contribution in [0.4, 0.5) is 0 Å². The van der Waals surface area contributed by atoms with Crippen LogP contribution < -0.4 is 0 Å². The van der Waals surface area contributed by atoms with Gasteiger partial charge in [-0.15, -0.1) is 0 Å². The SMILES string of the molecule is c1cc(-c2cccc(-n3c4ccccc4c4cc5c(cc43)c3ccccc3n5-c3cccc(-c4cccc(-n5c6ccccc6c6ccccc65)c4)n3)n2)cc(-n2c3ccccc3c3ccccc32)c1. The van der Waals surface area contributed by atoms with E-state index in [1.807, 2.05) is 0 Å². The molecule has 6 heterocycles. The van der Waals surface area contributed by atoms with Crippen LogP contribution in [-0.2, 0) is 0 Å². The Kier molecular flexibility index (Phi) is 8.26. The number of fused-ring (bicyclic) bond motifs is 12. The van der Waals surface area contributed by atoms with Crippen molar-refractivity contribution in [1.82, 2.24) is 28.2 Å². The van der Waals surface area contributed by atoms with Gasteiger partial charge < -0.3 is 9.13 Å². The van der Waals surface area contributed by atoms with Crippen molar-refractivity contribution in [2.24, 2.45) is 0 Å². The lowest BCUT2D eigenvalue weighted by Gasteiger charge is -2.12. The highest BCUT2D eigenvalue weighted by Gasteiger charge is 2.21. The number of hydrogen-bond donors (Lipinski definition) is 0. The van der Waals surface area contributed by atoms with Crippen LogP contribution in [0, 0.1) is 0 Å². The first-order valence-electron chi connectivity index (χ1n) is 23.8. The molecule has 0 bridgehead atoms. The van der Waals surface area contributed by atoms with Gasteiger partial charge in [0.15, 0.2) is 0 Å². The van der Waals surface area contributed by atoms with E-state index in [4.69, 9.17) is 9.97 Å². The van der Waals surface area contributed by atoms with E-state index >= 15 is 0 Å². The van der Waals surface area contributed by atoms with Gasteiger partial charge in [0, 0.05) is 65.6 Å². The first-order valence-corrected chi connectivity index (χ1v) is 23.8. The molecule has 0 amide bonds. The van der Waals surface area contributed by atoms with Gasteiger partial charge in [-0.3, -0.25) is 9.13 Å². The van der Waals surface area contributed by atoms with Crippen LogP contribution in [0.15, 0.2) is 243 Å². The van der Waals surface area contributed by atoms with E-state index in [2.05, 4.69) is 261 Å². The molecular formula is C64H40N6. The van der Waals surface area contributed by atoms with Crippen LogP contribution >= 0.6 is 0 Å². The molecule has 0 saturated carbocycles. The molecule has 0 fully saturated rings. The highest BCUT2D eigenvalue weighted by Crippen LogP contribution is 2.41. The van der Waals surface area contributed by atoms with Crippen molar-refractivity contribution in [2.45, 2.75) is 0 Å². The van der Waals surface area contributed by atoms with Gasteiger partial charge in [-0.25, -0.2) is 9.97 Å². The van der Waals surface area contributed by atoms with Gasteiger partial charge in [0.05, 0.1) is 55.5 Å². The van der Waals surface area contributed by atoms with E-state index in [-0.39, 0.29) is 0 Å². The molecule has 15 aromatic rings. The molecule has 6 heteroatoms. The Morgan fingerprint density at radius 2 is 0.514 bits per heavy atom. The van der Waals surface area contributed by atoms with Crippen molar-refractivity contribution in [3.63, 3.8) is 0 Å². The summed E-state index contributed by atoms with van der Waals surface area (Å²) >= 11 is 0. The lowest BCUT2D eigenvalue weighted by atomic mass is 10.1. The monoisotopic (exact) mass is 892 g/mol. The Bertz CT molecular complexity index is 4220. The van der Waals surface area contributed by atoms with Crippen LogP contribution in [0.1, 0.15) is 0 Å². The van der Waals surface area contributed by atoms with Crippen molar-refractivity contribution < 1.29 is 0 Å². The molecule has 0 atom stereocenters. The number of hydrogen-bond acceptors (Lipinski definition) is 2. The Labute approximate surface area is 401 Å². The molecule has 6 nitrogen and oxygen atoms in total. The Balaban J connectivity index is 0.870. The fourth-order valence-corrected chi connectivity index (χ4v) is 11.4. The summed E-state index contributed by atoms with van der Waals surface area (Å²) in [6.07, 6.45) is 0. The lowest BCUT2D eigenvalue weighted by Crippen LogP contribution is -2.00. The van der Waals surface area contributed by atoms with Crippen molar-refractivity contribution >= 4 is 87.2 Å². The molecule has 70 heavy (non-hydrogen) atoms. The minimum atomic E-state index is 0.867. The first-order chi connectivity index (χ1) is 34.7. The maximum atomic E-state index is 5.46. The predicted molar refractivity (Wildman–Crippen MR) is 290 cm³/mol. The smallest absolute Gasteiger partial charge is 0.138 e. The predicted octanol–water partition coefficient (Wildman–Crippen LogP) is 16.2. The molecule has 0 N–H and O–H groups in total. The van der Waals surface area contributed by atoms with Crippen molar-refractivity contribution in [2.75, 3.05) is 0 Å². The van der Waals surface area contributed by atoms with Crippen molar-refractivity contribution in [1.29, 1.82) is 0 Å². The third-order valence-electron chi connectivity index (χ3n) is 14.4. The average molecular weight is 893 g/mol. The van der Waals surface area contributed by atoms with Crippen LogP contribution in [0.5, 0.6) is 0 Å². The lowest BCUT2D eigenvalue weighted by molar-refractivity contribution is 1.08. The average Bonchev–Trinajstić information content (AvgIpc) is 4.15. The second-order valence-electron chi connectivity index (χ2n) is 18.2. The zero-order valence-electron chi connectivity index (χ0n) is 37.8. The standard InChI is InChI=1S/C64H40N6/c1-7-29-55-45(21-1)46-22-2-8-30-56(46)67(55)43-19-13-17-41(37-43)53-27-15-35-63(65-53)69-59-33-11-5-25-49(59)51-40-62-52(39-61(51)69)50-26-6-12-34-60(50)70(62)64-36-16-28-54(66-64)42-18-14-20-44(38-42)68-57-31-9-3-23-47(57)48-24-4-10-32-58(48)68/h1-40H. The fraction of sp³-hybridized carbons (Fsp3) is 0. The molecule has 6 aromatic heterocycles. The number of nitrogens with zero attached hydrogens (tertiary/aromatic N) is 6. The molecule has 0 radical (unpaired) electrons. The molecule has 15 rings (SSSR count). The zero-order chi connectivity index (χ0) is 45.9. The van der Waals surface area contributed by atoms with E-state index < -0.39 is 0 Å². The highest BCUT2D eigenvalue weighted by molar-refractivity contribution is 6.19. The number of pyridine rings is 2. The van der Waals surface area contributed by atoms with E-state index in [1.165, 1.54) is 54.4 Å². The Hall–Kier alpha value is -9.52. The maximum absolute atomic E-state index is 5.46. The van der Waals surface area contributed by atoms with Crippen molar-refractivity contribution in [3.8, 4) is 45.5 Å². The van der Waals surface area contributed by atoms with Crippen LogP contribution in [0.3, 0.4) is 0 Å². The van der Waals surface area contributed by atoms with Gasteiger partial charge in [0.2, 0.25) is 0 Å². The third-order valence-corrected chi connectivity index (χ3v) is 14.4. The minimum Gasteiger partial charge on any atom is -0.309 e.